The first-order valence-corrected chi connectivity index (χ1v) is 8.27. The van der Waals surface area contributed by atoms with Gasteiger partial charge in [-0.25, -0.2) is 12.8 Å². The number of sulfonamides is 1. The average Bonchev–Trinajstić information content (AvgIpc) is 2.49. The van der Waals surface area contributed by atoms with Crippen LogP contribution < -0.4 is 0 Å². The summed E-state index contributed by atoms with van der Waals surface area (Å²) in [5, 5.41) is 9.14. The summed E-state index contributed by atoms with van der Waals surface area (Å²) in [5.41, 5.74) is 0.322. The predicted octanol–water partition coefficient (Wildman–Crippen LogP) is 1.43. The van der Waals surface area contributed by atoms with Gasteiger partial charge in [0.15, 0.2) is 0 Å². The highest BCUT2D eigenvalue weighted by Gasteiger charge is 2.31. The van der Waals surface area contributed by atoms with E-state index < -0.39 is 22.4 Å². The van der Waals surface area contributed by atoms with Crippen LogP contribution in [0, 0.1) is 12.7 Å². The lowest BCUT2D eigenvalue weighted by molar-refractivity contribution is 0.0632. The van der Waals surface area contributed by atoms with E-state index in [4.69, 9.17) is 9.84 Å². The molecular formula is C14H20FNO4S. The van der Waals surface area contributed by atoms with E-state index in [1.165, 1.54) is 24.3 Å². The van der Waals surface area contributed by atoms with Gasteiger partial charge in [0.25, 0.3) is 0 Å². The van der Waals surface area contributed by atoms with Crippen LogP contribution in [0.3, 0.4) is 0 Å². The molecule has 0 radical (unpaired) electrons. The Labute approximate surface area is 124 Å². The maximum atomic E-state index is 13.8. The molecule has 0 aromatic heterocycles. The molecule has 1 heterocycles. The molecule has 0 bridgehead atoms. The van der Waals surface area contributed by atoms with E-state index >= 15 is 0 Å². The number of aliphatic hydroxyl groups excluding tert-OH is 1. The van der Waals surface area contributed by atoms with Gasteiger partial charge in [-0.1, -0.05) is 0 Å². The Morgan fingerprint density at radius 1 is 1.38 bits per heavy atom. The summed E-state index contributed by atoms with van der Waals surface area (Å²) in [4.78, 5) is -0.0828. The standard InChI is InChI=1S/C14H20FNO4S/c1-10-13(15)7-11(9-17)8-14(10)21(18,19)16(2)12-3-5-20-6-4-12/h7-8,12,17H,3-6,9H2,1-2H3. The van der Waals surface area contributed by atoms with Crippen molar-refractivity contribution in [2.24, 2.45) is 0 Å². The van der Waals surface area contributed by atoms with Crippen LogP contribution in [0.1, 0.15) is 24.0 Å². The fourth-order valence-corrected chi connectivity index (χ4v) is 4.16. The monoisotopic (exact) mass is 317 g/mol. The van der Waals surface area contributed by atoms with Crippen molar-refractivity contribution < 1.29 is 22.7 Å². The second-order valence-corrected chi connectivity index (χ2v) is 7.19. The lowest BCUT2D eigenvalue weighted by Gasteiger charge is -2.31. The van der Waals surface area contributed by atoms with E-state index in [0.29, 0.717) is 26.1 Å². The second-order valence-electron chi connectivity index (χ2n) is 5.22. The van der Waals surface area contributed by atoms with E-state index in [2.05, 4.69) is 0 Å². The minimum absolute atomic E-state index is 0.0751. The van der Waals surface area contributed by atoms with Crippen molar-refractivity contribution in [3.05, 3.63) is 29.1 Å². The molecule has 1 aromatic carbocycles. The predicted molar refractivity (Wildman–Crippen MR) is 75.8 cm³/mol. The molecule has 1 aliphatic heterocycles. The highest BCUT2D eigenvalue weighted by atomic mass is 32.2. The Hall–Kier alpha value is -1.02. The lowest BCUT2D eigenvalue weighted by atomic mass is 10.1. The number of rotatable bonds is 4. The smallest absolute Gasteiger partial charge is 0.243 e. The number of hydrogen-bond donors (Lipinski definition) is 1. The summed E-state index contributed by atoms with van der Waals surface area (Å²) in [6, 6.07) is 2.34. The van der Waals surface area contributed by atoms with Gasteiger partial charge in [0.05, 0.1) is 11.5 Å². The molecular weight excluding hydrogens is 297 g/mol. The number of hydrogen-bond acceptors (Lipinski definition) is 4. The Bertz CT molecular complexity index is 612. The highest BCUT2D eigenvalue weighted by molar-refractivity contribution is 7.89. The maximum Gasteiger partial charge on any atom is 0.243 e. The van der Waals surface area contributed by atoms with Gasteiger partial charge in [-0.05, 0) is 37.5 Å². The van der Waals surface area contributed by atoms with Gasteiger partial charge in [0, 0.05) is 31.9 Å². The van der Waals surface area contributed by atoms with Crippen LogP contribution >= 0.6 is 0 Å². The molecule has 1 N–H and O–H groups in total. The van der Waals surface area contributed by atoms with Gasteiger partial charge in [0.1, 0.15) is 5.82 Å². The zero-order valence-electron chi connectivity index (χ0n) is 12.2. The number of halogens is 1. The maximum absolute atomic E-state index is 13.8. The quantitative estimate of drug-likeness (QED) is 0.912. The summed E-state index contributed by atoms with van der Waals surface area (Å²) < 4.78 is 45.8. The van der Waals surface area contributed by atoms with Crippen molar-refractivity contribution in [3.63, 3.8) is 0 Å². The molecule has 0 atom stereocenters. The summed E-state index contributed by atoms with van der Waals surface area (Å²) in [5.74, 6) is -0.625. The third kappa shape index (κ3) is 3.26. The van der Waals surface area contributed by atoms with Crippen LogP contribution in [0.4, 0.5) is 4.39 Å². The third-order valence-electron chi connectivity index (χ3n) is 3.90. The molecule has 118 valence electrons. The van der Waals surface area contributed by atoms with Crippen LogP contribution in [0.15, 0.2) is 17.0 Å². The van der Waals surface area contributed by atoms with Crippen LogP contribution in [0.25, 0.3) is 0 Å². The molecule has 21 heavy (non-hydrogen) atoms. The lowest BCUT2D eigenvalue weighted by Crippen LogP contribution is -2.40. The normalized spacial score (nSPS) is 17.4. The molecule has 0 amide bonds. The first kappa shape index (κ1) is 16.4. The SMILES string of the molecule is Cc1c(F)cc(CO)cc1S(=O)(=O)N(C)C1CCOCC1. The Morgan fingerprint density at radius 2 is 2.00 bits per heavy atom. The molecule has 5 nitrogen and oxygen atoms in total. The van der Waals surface area contributed by atoms with Crippen molar-refractivity contribution in [2.45, 2.75) is 37.3 Å². The highest BCUT2D eigenvalue weighted by Crippen LogP contribution is 2.26. The zero-order valence-corrected chi connectivity index (χ0v) is 13.0. The molecule has 0 saturated carbocycles. The molecule has 1 saturated heterocycles. The molecule has 1 aromatic rings. The van der Waals surface area contributed by atoms with Crippen molar-refractivity contribution >= 4 is 10.0 Å². The largest absolute Gasteiger partial charge is 0.392 e. The summed E-state index contributed by atoms with van der Waals surface area (Å²) >= 11 is 0. The minimum atomic E-state index is -3.80. The fourth-order valence-electron chi connectivity index (χ4n) is 2.47. The Kier molecular flexibility index (Phi) is 4.98. The molecule has 0 spiro atoms. The molecule has 2 rings (SSSR count). The van der Waals surface area contributed by atoms with E-state index in [1.807, 2.05) is 0 Å². The van der Waals surface area contributed by atoms with Crippen LogP contribution in [0.2, 0.25) is 0 Å². The molecule has 0 unspecified atom stereocenters. The summed E-state index contributed by atoms with van der Waals surface area (Å²) in [6.45, 7) is 2.07. The van der Waals surface area contributed by atoms with Gasteiger partial charge in [0.2, 0.25) is 10.0 Å². The molecule has 7 heteroatoms. The minimum Gasteiger partial charge on any atom is -0.392 e. The van der Waals surface area contributed by atoms with E-state index in [9.17, 15) is 12.8 Å². The fraction of sp³-hybridized carbons (Fsp3) is 0.571. The van der Waals surface area contributed by atoms with E-state index in [1.54, 1.807) is 0 Å². The third-order valence-corrected chi connectivity index (χ3v) is 5.94. The summed E-state index contributed by atoms with van der Waals surface area (Å²) in [7, 11) is -2.29. The molecule has 0 aliphatic carbocycles. The van der Waals surface area contributed by atoms with Crippen LogP contribution in [-0.2, 0) is 21.4 Å². The van der Waals surface area contributed by atoms with Gasteiger partial charge >= 0.3 is 0 Å². The van der Waals surface area contributed by atoms with Crippen molar-refractivity contribution in [3.8, 4) is 0 Å². The Balaban J connectivity index is 2.40. The first-order chi connectivity index (χ1) is 9.87. The van der Waals surface area contributed by atoms with Gasteiger partial charge in [-0.2, -0.15) is 4.31 Å². The van der Waals surface area contributed by atoms with Crippen molar-refractivity contribution in [1.82, 2.24) is 4.31 Å². The van der Waals surface area contributed by atoms with Crippen molar-refractivity contribution in [2.75, 3.05) is 20.3 Å². The van der Waals surface area contributed by atoms with Crippen molar-refractivity contribution in [1.29, 1.82) is 0 Å². The number of ether oxygens (including phenoxy) is 1. The Morgan fingerprint density at radius 3 is 2.57 bits per heavy atom. The number of benzene rings is 1. The van der Waals surface area contributed by atoms with Gasteiger partial charge < -0.3 is 9.84 Å². The van der Waals surface area contributed by atoms with Crippen LogP contribution in [0.5, 0.6) is 0 Å². The van der Waals surface area contributed by atoms with Crippen LogP contribution in [-0.4, -0.2) is 44.1 Å². The number of aliphatic hydroxyl groups is 1. The number of nitrogens with zero attached hydrogens (tertiary/aromatic N) is 1. The molecule has 1 fully saturated rings. The molecule has 1 aliphatic rings. The zero-order chi connectivity index (χ0) is 15.6. The average molecular weight is 317 g/mol. The van der Waals surface area contributed by atoms with E-state index in [-0.39, 0.29) is 22.1 Å². The first-order valence-electron chi connectivity index (χ1n) is 6.83. The topological polar surface area (TPSA) is 66.8 Å². The summed E-state index contributed by atoms with van der Waals surface area (Å²) in [6.07, 6.45) is 1.24. The van der Waals surface area contributed by atoms with Gasteiger partial charge in [-0.15, -0.1) is 0 Å². The second kappa shape index (κ2) is 6.39. The van der Waals surface area contributed by atoms with Gasteiger partial charge in [-0.3, -0.25) is 0 Å². The van der Waals surface area contributed by atoms with E-state index in [0.717, 1.165) is 6.07 Å².